The van der Waals surface area contributed by atoms with Crippen molar-refractivity contribution in [3.8, 4) is 0 Å². The van der Waals surface area contributed by atoms with E-state index in [2.05, 4.69) is 33.8 Å². The number of nitrogens with two attached hydrogens (primary N) is 1. The van der Waals surface area contributed by atoms with E-state index in [1.807, 2.05) is 19.2 Å². The zero-order chi connectivity index (χ0) is 13.1. The summed E-state index contributed by atoms with van der Waals surface area (Å²) in [6.07, 6.45) is 1.55. The Kier molecular flexibility index (Phi) is 4.65. The molecule has 0 aromatic heterocycles. The normalized spacial score (nSPS) is 25.3. The molecular formula is C14H21BrN2O. The average molecular weight is 313 g/mol. The summed E-state index contributed by atoms with van der Waals surface area (Å²) in [6.45, 7) is 5.37. The van der Waals surface area contributed by atoms with Gasteiger partial charge in [-0.05, 0) is 36.6 Å². The molecule has 0 bridgehead atoms. The van der Waals surface area contributed by atoms with Crippen LogP contribution in [-0.2, 0) is 11.3 Å². The number of hydrogen-bond donors (Lipinski definition) is 1. The van der Waals surface area contributed by atoms with Crippen LogP contribution in [0.2, 0.25) is 0 Å². The second-order valence-corrected chi connectivity index (χ2v) is 5.98. The molecule has 100 valence electrons. The van der Waals surface area contributed by atoms with Crippen molar-refractivity contribution >= 4 is 21.6 Å². The van der Waals surface area contributed by atoms with Crippen LogP contribution in [0.4, 0.5) is 5.69 Å². The van der Waals surface area contributed by atoms with Crippen LogP contribution in [0.25, 0.3) is 0 Å². The molecule has 1 heterocycles. The number of anilines is 1. The molecule has 1 fully saturated rings. The summed E-state index contributed by atoms with van der Waals surface area (Å²) in [7, 11) is 1.81. The Morgan fingerprint density at radius 1 is 1.50 bits per heavy atom. The highest BCUT2D eigenvalue weighted by molar-refractivity contribution is 9.10. The highest BCUT2D eigenvalue weighted by Crippen LogP contribution is 2.25. The summed E-state index contributed by atoms with van der Waals surface area (Å²) in [5.41, 5.74) is 7.84. The number of methoxy groups -OCH3 is 1. The van der Waals surface area contributed by atoms with Crippen molar-refractivity contribution in [2.75, 3.05) is 25.9 Å². The van der Waals surface area contributed by atoms with Crippen LogP contribution >= 0.6 is 15.9 Å². The van der Waals surface area contributed by atoms with Gasteiger partial charge in [-0.2, -0.15) is 0 Å². The summed E-state index contributed by atoms with van der Waals surface area (Å²) < 4.78 is 6.64. The summed E-state index contributed by atoms with van der Waals surface area (Å²) in [5.74, 6) is 0.654. The van der Waals surface area contributed by atoms with Gasteiger partial charge in [-0.25, -0.2) is 0 Å². The quantitative estimate of drug-likeness (QED) is 0.872. The van der Waals surface area contributed by atoms with E-state index in [1.165, 1.54) is 12.0 Å². The molecule has 0 saturated carbocycles. The van der Waals surface area contributed by atoms with Crippen molar-refractivity contribution in [1.82, 2.24) is 4.90 Å². The van der Waals surface area contributed by atoms with Gasteiger partial charge in [0.1, 0.15) is 0 Å². The van der Waals surface area contributed by atoms with Crippen LogP contribution in [0.1, 0.15) is 18.9 Å². The average Bonchev–Trinajstić information content (AvgIpc) is 2.35. The smallest absolute Gasteiger partial charge is 0.0724 e. The largest absolute Gasteiger partial charge is 0.399 e. The highest BCUT2D eigenvalue weighted by Gasteiger charge is 2.26. The summed E-state index contributed by atoms with van der Waals surface area (Å²) in [4.78, 5) is 2.45. The van der Waals surface area contributed by atoms with E-state index >= 15 is 0 Å². The highest BCUT2D eigenvalue weighted by atomic mass is 79.9. The molecule has 1 aromatic carbocycles. The Morgan fingerprint density at radius 3 is 2.94 bits per heavy atom. The maximum absolute atomic E-state index is 5.76. The number of nitrogens with zero attached hydrogens (tertiary/aromatic N) is 1. The Labute approximate surface area is 117 Å². The fourth-order valence-electron chi connectivity index (χ4n) is 2.48. The first-order chi connectivity index (χ1) is 8.60. The van der Waals surface area contributed by atoms with Gasteiger partial charge >= 0.3 is 0 Å². The fourth-order valence-corrected chi connectivity index (χ4v) is 3.00. The third-order valence-corrected chi connectivity index (χ3v) is 4.49. The van der Waals surface area contributed by atoms with Crippen LogP contribution in [-0.4, -0.2) is 31.2 Å². The van der Waals surface area contributed by atoms with E-state index in [-0.39, 0.29) is 0 Å². The molecule has 0 spiro atoms. The summed E-state index contributed by atoms with van der Waals surface area (Å²) >= 11 is 3.58. The maximum atomic E-state index is 5.76. The topological polar surface area (TPSA) is 38.5 Å². The summed E-state index contributed by atoms with van der Waals surface area (Å²) in [5, 5.41) is 0. The lowest BCUT2D eigenvalue weighted by Gasteiger charge is -2.36. The number of nitrogen functional groups attached to an aromatic ring is 1. The number of benzene rings is 1. The first-order valence-corrected chi connectivity index (χ1v) is 7.18. The lowest BCUT2D eigenvalue weighted by atomic mass is 9.95. The SMILES string of the molecule is COC1CN(Cc2ccc(N)cc2Br)CCC1C. The van der Waals surface area contributed by atoms with Gasteiger partial charge in [0.15, 0.2) is 0 Å². The molecule has 1 aromatic rings. The number of ether oxygens (including phenoxy) is 1. The number of piperidine rings is 1. The standard InChI is InChI=1S/C14H21BrN2O/c1-10-5-6-17(9-14(10)18-2)8-11-3-4-12(16)7-13(11)15/h3-4,7,10,14H,5-6,8-9,16H2,1-2H3. The Morgan fingerprint density at radius 2 is 2.28 bits per heavy atom. The van der Waals surface area contributed by atoms with Crippen LogP contribution in [0.3, 0.4) is 0 Å². The minimum absolute atomic E-state index is 0.353. The number of halogens is 1. The minimum Gasteiger partial charge on any atom is -0.399 e. The molecule has 1 saturated heterocycles. The minimum atomic E-state index is 0.353. The monoisotopic (exact) mass is 312 g/mol. The molecule has 1 aliphatic rings. The molecule has 3 nitrogen and oxygen atoms in total. The molecule has 2 N–H and O–H groups in total. The van der Waals surface area contributed by atoms with Crippen LogP contribution in [0.5, 0.6) is 0 Å². The van der Waals surface area contributed by atoms with Gasteiger partial charge in [0.25, 0.3) is 0 Å². The second kappa shape index (κ2) is 6.04. The van der Waals surface area contributed by atoms with E-state index in [9.17, 15) is 0 Å². The van der Waals surface area contributed by atoms with Crippen molar-refractivity contribution < 1.29 is 4.74 Å². The number of hydrogen-bond acceptors (Lipinski definition) is 3. The number of rotatable bonds is 3. The third kappa shape index (κ3) is 3.25. The van der Waals surface area contributed by atoms with E-state index < -0.39 is 0 Å². The van der Waals surface area contributed by atoms with Crippen LogP contribution < -0.4 is 5.73 Å². The molecule has 0 amide bonds. The molecule has 4 heteroatoms. The van der Waals surface area contributed by atoms with Crippen molar-refractivity contribution in [2.24, 2.45) is 5.92 Å². The Balaban J connectivity index is 2.01. The van der Waals surface area contributed by atoms with Crippen LogP contribution in [0, 0.1) is 5.92 Å². The predicted molar refractivity (Wildman–Crippen MR) is 78.4 cm³/mol. The fraction of sp³-hybridized carbons (Fsp3) is 0.571. The maximum Gasteiger partial charge on any atom is 0.0724 e. The third-order valence-electron chi connectivity index (χ3n) is 3.75. The van der Waals surface area contributed by atoms with Crippen molar-refractivity contribution in [2.45, 2.75) is 26.0 Å². The molecule has 1 aliphatic heterocycles. The van der Waals surface area contributed by atoms with E-state index in [0.717, 1.165) is 29.8 Å². The van der Waals surface area contributed by atoms with Crippen LogP contribution in [0.15, 0.2) is 22.7 Å². The van der Waals surface area contributed by atoms with Gasteiger partial charge in [0.2, 0.25) is 0 Å². The van der Waals surface area contributed by atoms with Gasteiger partial charge in [0, 0.05) is 30.4 Å². The molecule has 2 unspecified atom stereocenters. The van der Waals surface area contributed by atoms with Gasteiger partial charge in [-0.1, -0.05) is 28.9 Å². The first-order valence-electron chi connectivity index (χ1n) is 6.39. The molecule has 2 rings (SSSR count). The zero-order valence-electron chi connectivity index (χ0n) is 11.0. The van der Waals surface area contributed by atoms with Crippen molar-refractivity contribution in [3.05, 3.63) is 28.2 Å². The predicted octanol–water partition coefficient (Wildman–Crippen LogP) is 2.89. The van der Waals surface area contributed by atoms with E-state index in [1.54, 1.807) is 0 Å². The number of likely N-dealkylation sites (tertiary alicyclic amines) is 1. The Hall–Kier alpha value is -0.580. The Bertz CT molecular complexity index is 411. The van der Waals surface area contributed by atoms with E-state index in [0.29, 0.717) is 12.0 Å². The van der Waals surface area contributed by atoms with E-state index in [4.69, 9.17) is 10.5 Å². The first kappa shape index (κ1) is 13.8. The van der Waals surface area contributed by atoms with Crippen molar-refractivity contribution in [1.29, 1.82) is 0 Å². The van der Waals surface area contributed by atoms with Gasteiger partial charge in [0.05, 0.1) is 6.10 Å². The molecule has 0 radical (unpaired) electrons. The lowest BCUT2D eigenvalue weighted by Crippen LogP contribution is -2.43. The van der Waals surface area contributed by atoms with Gasteiger partial charge in [-0.15, -0.1) is 0 Å². The molecule has 0 aliphatic carbocycles. The lowest BCUT2D eigenvalue weighted by molar-refractivity contribution is -0.00750. The zero-order valence-corrected chi connectivity index (χ0v) is 12.6. The molecule has 18 heavy (non-hydrogen) atoms. The summed E-state index contributed by atoms with van der Waals surface area (Å²) in [6, 6.07) is 6.02. The van der Waals surface area contributed by atoms with Crippen molar-refractivity contribution in [3.63, 3.8) is 0 Å². The van der Waals surface area contributed by atoms with Gasteiger partial charge in [-0.3, -0.25) is 4.90 Å². The molecule has 2 atom stereocenters. The van der Waals surface area contributed by atoms with Gasteiger partial charge < -0.3 is 10.5 Å². The second-order valence-electron chi connectivity index (χ2n) is 5.13. The molecular weight excluding hydrogens is 292 g/mol.